The summed E-state index contributed by atoms with van der Waals surface area (Å²) in [5.74, 6) is 0.322. The lowest BCUT2D eigenvalue weighted by Crippen LogP contribution is -2.43. The minimum atomic E-state index is -0.751. The molecule has 10 heteroatoms. The summed E-state index contributed by atoms with van der Waals surface area (Å²) in [6, 6.07) is 16.3. The highest BCUT2D eigenvalue weighted by Crippen LogP contribution is 2.27. The van der Waals surface area contributed by atoms with Crippen LogP contribution in [-0.4, -0.2) is 48.9 Å². The summed E-state index contributed by atoms with van der Waals surface area (Å²) >= 11 is 0. The fourth-order valence-corrected chi connectivity index (χ4v) is 3.61. The van der Waals surface area contributed by atoms with Crippen molar-refractivity contribution in [2.75, 3.05) is 44.1 Å². The molecule has 1 amide bonds. The Hall–Kier alpha value is -4.05. The fraction of sp³-hybridized carbons (Fsp3) is 0.346. The van der Waals surface area contributed by atoms with Crippen LogP contribution in [0.1, 0.15) is 25.3 Å². The molecule has 192 valence electrons. The molecule has 0 unspecified atom stereocenters. The molecular weight excluding hydrogens is 464 g/mol. The minimum absolute atomic E-state index is 0.106. The number of para-hydroxylation sites is 2. The van der Waals surface area contributed by atoms with Gasteiger partial charge in [-0.25, -0.2) is 4.79 Å². The molecule has 0 saturated carbocycles. The Bertz CT molecular complexity index is 1260. The van der Waals surface area contributed by atoms with E-state index in [0.29, 0.717) is 31.1 Å². The molecule has 2 aromatic carbocycles. The number of aromatic nitrogens is 2. The molecule has 0 spiro atoms. The Balaban J connectivity index is 1.91. The van der Waals surface area contributed by atoms with Gasteiger partial charge >= 0.3 is 5.69 Å². The molecule has 0 bridgehead atoms. The van der Waals surface area contributed by atoms with Gasteiger partial charge in [-0.3, -0.25) is 19.1 Å². The molecule has 0 fully saturated rings. The van der Waals surface area contributed by atoms with Crippen LogP contribution >= 0.6 is 0 Å². The number of carbonyl (C=O) groups excluding carboxylic acids is 1. The molecule has 36 heavy (non-hydrogen) atoms. The van der Waals surface area contributed by atoms with Crippen LogP contribution in [0.3, 0.4) is 0 Å². The van der Waals surface area contributed by atoms with Crippen molar-refractivity contribution in [3.05, 3.63) is 81.0 Å². The number of H-pyrrole nitrogens is 1. The van der Waals surface area contributed by atoms with Crippen molar-refractivity contribution in [1.29, 1.82) is 0 Å². The lowest BCUT2D eigenvalue weighted by atomic mass is 10.2. The summed E-state index contributed by atoms with van der Waals surface area (Å²) in [6.07, 6.45) is 1.26. The van der Waals surface area contributed by atoms with Crippen LogP contribution in [0.4, 0.5) is 11.5 Å². The third-order valence-electron chi connectivity index (χ3n) is 5.36. The molecule has 0 saturated heterocycles. The predicted molar refractivity (Wildman–Crippen MR) is 138 cm³/mol. The van der Waals surface area contributed by atoms with Gasteiger partial charge in [0.15, 0.2) is 23.8 Å². The van der Waals surface area contributed by atoms with Crippen molar-refractivity contribution in [1.82, 2.24) is 9.55 Å². The number of amides is 1. The van der Waals surface area contributed by atoms with Crippen LogP contribution in [0.2, 0.25) is 0 Å². The van der Waals surface area contributed by atoms with E-state index in [1.807, 2.05) is 43.3 Å². The smallest absolute Gasteiger partial charge is 0.330 e. The van der Waals surface area contributed by atoms with Crippen molar-refractivity contribution in [3.63, 3.8) is 0 Å². The number of hydrogen-bond donors (Lipinski definition) is 2. The maximum atomic E-state index is 13.3. The van der Waals surface area contributed by atoms with Crippen LogP contribution in [0.5, 0.6) is 11.5 Å². The highest BCUT2D eigenvalue weighted by molar-refractivity contribution is 5.96. The van der Waals surface area contributed by atoms with Gasteiger partial charge in [-0.05, 0) is 30.5 Å². The molecule has 0 aliphatic heterocycles. The van der Waals surface area contributed by atoms with Gasteiger partial charge in [-0.2, -0.15) is 0 Å². The van der Waals surface area contributed by atoms with E-state index in [-0.39, 0.29) is 31.2 Å². The SMILES string of the molecule is CCCOc1ccccc1OCC(=O)N(CCCOC)c1c(N)n(Cc2ccccc2)c(=O)[nH]c1=O. The molecule has 0 aliphatic carbocycles. The highest BCUT2D eigenvalue weighted by Gasteiger charge is 2.25. The second-order valence-corrected chi connectivity index (χ2v) is 8.04. The number of nitrogens with zero attached hydrogens (tertiary/aromatic N) is 2. The molecule has 1 aromatic heterocycles. The predicted octanol–water partition coefficient (Wildman–Crippen LogP) is 2.40. The van der Waals surface area contributed by atoms with E-state index >= 15 is 0 Å². The number of rotatable bonds is 13. The highest BCUT2D eigenvalue weighted by atomic mass is 16.5. The number of carbonyl (C=O) groups is 1. The Morgan fingerprint density at radius 2 is 1.67 bits per heavy atom. The van der Waals surface area contributed by atoms with E-state index in [1.54, 1.807) is 25.3 Å². The van der Waals surface area contributed by atoms with E-state index < -0.39 is 17.2 Å². The van der Waals surface area contributed by atoms with Crippen LogP contribution < -0.4 is 31.4 Å². The topological polar surface area (TPSA) is 129 Å². The van der Waals surface area contributed by atoms with E-state index in [9.17, 15) is 14.4 Å². The molecule has 3 aromatic rings. The maximum Gasteiger partial charge on any atom is 0.330 e. The first-order chi connectivity index (χ1) is 17.5. The van der Waals surface area contributed by atoms with Crippen molar-refractivity contribution >= 4 is 17.4 Å². The summed E-state index contributed by atoms with van der Waals surface area (Å²) in [6.45, 7) is 2.77. The summed E-state index contributed by atoms with van der Waals surface area (Å²) in [4.78, 5) is 42.3. The van der Waals surface area contributed by atoms with Crippen molar-refractivity contribution in [3.8, 4) is 11.5 Å². The zero-order chi connectivity index (χ0) is 25.9. The molecule has 10 nitrogen and oxygen atoms in total. The Morgan fingerprint density at radius 3 is 2.33 bits per heavy atom. The van der Waals surface area contributed by atoms with Gasteiger partial charge < -0.3 is 24.8 Å². The first kappa shape index (κ1) is 26.6. The largest absolute Gasteiger partial charge is 0.490 e. The summed E-state index contributed by atoms with van der Waals surface area (Å²) in [5.41, 5.74) is 5.62. The van der Waals surface area contributed by atoms with E-state index in [2.05, 4.69) is 4.98 Å². The number of aromatic amines is 1. The fourth-order valence-electron chi connectivity index (χ4n) is 3.61. The summed E-state index contributed by atoms with van der Waals surface area (Å²) < 4.78 is 17.8. The zero-order valence-corrected chi connectivity index (χ0v) is 20.6. The molecule has 3 rings (SSSR count). The van der Waals surface area contributed by atoms with Gasteiger partial charge in [-0.15, -0.1) is 0 Å². The first-order valence-corrected chi connectivity index (χ1v) is 11.8. The quantitative estimate of drug-likeness (QED) is 0.348. The van der Waals surface area contributed by atoms with Crippen LogP contribution in [-0.2, 0) is 16.1 Å². The lowest BCUT2D eigenvalue weighted by Gasteiger charge is -2.25. The molecule has 0 atom stereocenters. The van der Waals surface area contributed by atoms with Gasteiger partial charge in [0, 0.05) is 20.3 Å². The van der Waals surface area contributed by atoms with Crippen LogP contribution in [0.15, 0.2) is 64.2 Å². The number of ether oxygens (including phenoxy) is 3. The van der Waals surface area contributed by atoms with Gasteiger partial charge in [0.2, 0.25) is 0 Å². The average Bonchev–Trinajstić information content (AvgIpc) is 2.88. The summed E-state index contributed by atoms with van der Waals surface area (Å²) in [7, 11) is 1.55. The molecular formula is C26H32N4O6. The maximum absolute atomic E-state index is 13.3. The van der Waals surface area contributed by atoms with Crippen LogP contribution in [0, 0.1) is 0 Å². The number of hydrogen-bond acceptors (Lipinski definition) is 7. The third-order valence-corrected chi connectivity index (χ3v) is 5.36. The van der Waals surface area contributed by atoms with Crippen molar-refractivity contribution in [2.24, 2.45) is 0 Å². The molecule has 0 aliphatic rings. The van der Waals surface area contributed by atoms with Gasteiger partial charge in [0.25, 0.3) is 11.5 Å². The summed E-state index contributed by atoms with van der Waals surface area (Å²) in [5, 5.41) is 0. The molecule has 1 heterocycles. The van der Waals surface area contributed by atoms with E-state index in [1.165, 1.54) is 9.47 Å². The first-order valence-electron chi connectivity index (χ1n) is 11.8. The second kappa shape index (κ2) is 13.1. The van der Waals surface area contributed by atoms with Gasteiger partial charge in [0.1, 0.15) is 5.82 Å². The third kappa shape index (κ3) is 6.76. The monoisotopic (exact) mass is 496 g/mol. The lowest BCUT2D eigenvalue weighted by molar-refractivity contribution is -0.120. The number of methoxy groups -OCH3 is 1. The van der Waals surface area contributed by atoms with Gasteiger partial charge in [-0.1, -0.05) is 49.4 Å². The second-order valence-electron chi connectivity index (χ2n) is 8.04. The van der Waals surface area contributed by atoms with E-state index in [4.69, 9.17) is 19.9 Å². The van der Waals surface area contributed by atoms with Crippen molar-refractivity contribution in [2.45, 2.75) is 26.3 Å². The number of nitrogens with one attached hydrogen (secondary N) is 1. The number of benzene rings is 2. The molecule has 0 radical (unpaired) electrons. The van der Waals surface area contributed by atoms with E-state index in [0.717, 1.165) is 12.0 Å². The number of anilines is 2. The zero-order valence-electron chi connectivity index (χ0n) is 20.6. The standard InChI is InChI=1S/C26H32N4O6/c1-3-15-35-20-12-7-8-13-21(20)36-18-22(31)29(14-9-16-34-2)23-24(27)30(26(33)28-25(23)32)17-19-10-5-4-6-11-19/h4-8,10-13H,3,9,14-18,27H2,1-2H3,(H,28,32,33). The van der Waals surface area contributed by atoms with Crippen molar-refractivity contribution < 1.29 is 19.0 Å². The average molecular weight is 497 g/mol. The van der Waals surface area contributed by atoms with Crippen LogP contribution in [0.25, 0.3) is 0 Å². The number of nitrogen functional groups attached to an aromatic ring is 1. The Kier molecular flexibility index (Phi) is 9.70. The minimum Gasteiger partial charge on any atom is -0.490 e. The normalized spacial score (nSPS) is 10.7. The van der Waals surface area contributed by atoms with Gasteiger partial charge in [0.05, 0.1) is 13.2 Å². The molecule has 3 N–H and O–H groups in total. The number of nitrogens with two attached hydrogens (primary N) is 1. The Labute approximate surface area is 209 Å². The Morgan fingerprint density at radius 1 is 1.00 bits per heavy atom.